The molecule has 18 heavy (non-hydrogen) atoms. The molecule has 0 aliphatic rings. The highest BCUT2D eigenvalue weighted by Crippen LogP contribution is 2.24. The molecule has 0 atom stereocenters. The first kappa shape index (κ1) is 13.0. The molecule has 0 saturated carbocycles. The number of thiazole rings is 1. The van der Waals surface area contributed by atoms with Crippen LogP contribution in [0.5, 0.6) is 0 Å². The van der Waals surface area contributed by atoms with Crippen molar-refractivity contribution in [2.45, 2.75) is 6.92 Å². The summed E-state index contributed by atoms with van der Waals surface area (Å²) >= 11 is 4.45. The van der Waals surface area contributed by atoms with E-state index in [2.05, 4.69) is 26.2 Å². The van der Waals surface area contributed by atoms with Crippen molar-refractivity contribution < 1.29 is 9.18 Å². The number of aromatic nitrogens is 1. The minimum Gasteiger partial charge on any atom is -0.396 e. The van der Waals surface area contributed by atoms with Crippen LogP contribution in [0.25, 0.3) is 0 Å². The van der Waals surface area contributed by atoms with E-state index in [1.54, 1.807) is 0 Å². The van der Waals surface area contributed by atoms with E-state index in [1.165, 1.54) is 17.4 Å². The van der Waals surface area contributed by atoms with Crippen molar-refractivity contribution in [1.29, 1.82) is 0 Å². The fourth-order valence-electron chi connectivity index (χ4n) is 1.32. The maximum Gasteiger partial charge on any atom is 0.258 e. The Bertz CT molecular complexity index is 614. The van der Waals surface area contributed by atoms with Crippen LogP contribution in [0.4, 0.5) is 15.2 Å². The van der Waals surface area contributed by atoms with Gasteiger partial charge in [-0.15, -0.1) is 11.3 Å². The van der Waals surface area contributed by atoms with Gasteiger partial charge in [0.15, 0.2) is 5.13 Å². The van der Waals surface area contributed by atoms with Crippen molar-refractivity contribution in [2.24, 2.45) is 0 Å². The number of aryl methyl sites for hydroxylation is 1. The van der Waals surface area contributed by atoms with Gasteiger partial charge in [-0.25, -0.2) is 9.37 Å². The average molecular weight is 330 g/mol. The highest BCUT2D eigenvalue weighted by molar-refractivity contribution is 9.10. The van der Waals surface area contributed by atoms with Crippen LogP contribution in [0, 0.1) is 12.7 Å². The molecular weight excluding hydrogens is 321 g/mol. The fourth-order valence-corrected chi connectivity index (χ4v) is 2.49. The van der Waals surface area contributed by atoms with E-state index >= 15 is 0 Å². The first-order valence-corrected chi connectivity index (χ1v) is 6.62. The molecule has 0 aliphatic carbocycles. The van der Waals surface area contributed by atoms with E-state index in [0.29, 0.717) is 9.60 Å². The fraction of sp³-hybridized carbons (Fsp3) is 0.0909. The predicted octanol–water partition coefficient (Wildman–Crippen LogP) is 3.19. The quantitative estimate of drug-likeness (QED) is 0.831. The van der Waals surface area contributed by atoms with Crippen molar-refractivity contribution in [3.05, 3.63) is 39.1 Å². The lowest BCUT2D eigenvalue weighted by molar-refractivity contribution is 0.102. The topological polar surface area (TPSA) is 68.0 Å². The summed E-state index contributed by atoms with van der Waals surface area (Å²) in [5.41, 5.74) is 6.46. The van der Waals surface area contributed by atoms with Crippen molar-refractivity contribution in [1.82, 2.24) is 4.98 Å². The Balaban J connectivity index is 2.26. The first-order chi connectivity index (χ1) is 8.47. The lowest BCUT2D eigenvalue weighted by Crippen LogP contribution is -2.13. The minimum atomic E-state index is -0.566. The standard InChI is InChI=1S/C11H9BrFN3OS/c1-5-4-18-11(15-5)16-10(17)6-2-9(14)8(13)3-7(6)12/h2-4H,14H2,1H3,(H,15,16,17). The molecule has 0 radical (unpaired) electrons. The van der Waals surface area contributed by atoms with E-state index in [1.807, 2.05) is 12.3 Å². The highest BCUT2D eigenvalue weighted by atomic mass is 79.9. The number of rotatable bonds is 2. The van der Waals surface area contributed by atoms with Crippen LogP contribution in [0.2, 0.25) is 0 Å². The summed E-state index contributed by atoms with van der Waals surface area (Å²) in [6.07, 6.45) is 0. The Morgan fingerprint density at radius 1 is 1.56 bits per heavy atom. The molecule has 0 bridgehead atoms. The number of halogens is 2. The van der Waals surface area contributed by atoms with E-state index in [4.69, 9.17) is 5.73 Å². The van der Waals surface area contributed by atoms with Gasteiger partial charge >= 0.3 is 0 Å². The number of carbonyl (C=O) groups is 1. The number of anilines is 2. The number of hydrogen-bond acceptors (Lipinski definition) is 4. The number of nitrogens with one attached hydrogen (secondary N) is 1. The van der Waals surface area contributed by atoms with E-state index in [-0.39, 0.29) is 17.2 Å². The largest absolute Gasteiger partial charge is 0.396 e. The SMILES string of the molecule is Cc1csc(NC(=O)c2cc(N)c(F)cc2Br)n1. The molecule has 2 aromatic rings. The zero-order valence-electron chi connectivity index (χ0n) is 9.33. The van der Waals surface area contributed by atoms with E-state index in [0.717, 1.165) is 11.8 Å². The molecule has 7 heteroatoms. The van der Waals surface area contributed by atoms with Crippen LogP contribution in [-0.4, -0.2) is 10.9 Å². The molecule has 0 saturated heterocycles. The third-order valence-corrected chi connectivity index (χ3v) is 3.70. The van der Waals surface area contributed by atoms with E-state index in [9.17, 15) is 9.18 Å². The monoisotopic (exact) mass is 329 g/mol. The van der Waals surface area contributed by atoms with Gasteiger partial charge in [0.25, 0.3) is 5.91 Å². The lowest BCUT2D eigenvalue weighted by Gasteiger charge is -2.06. The molecule has 1 aromatic carbocycles. The van der Waals surface area contributed by atoms with Crippen LogP contribution in [0.1, 0.15) is 16.1 Å². The first-order valence-electron chi connectivity index (χ1n) is 4.95. The van der Waals surface area contributed by atoms with Crippen molar-refractivity contribution in [3.8, 4) is 0 Å². The molecule has 2 rings (SSSR count). The smallest absolute Gasteiger partial charge is 0.258 e. The highest BCUT2D eigenvalue weighted by Gasteiger charge is 2.14. The zero-order chi connectivity index (χ0) is 13.3. The number of carbonyl (C=O) groups excluding carboxylic acids is 1. The maximum atomic E-state index is 13.2. The number of nitrogens with two attached hydrogens (primary N) is 1. The summed E-state index contributed by atoms with van der Waals surface area (Å²) in [7, 11) is 0. The maximum absolute atomic E-state index is 13.2. The molecule has 0 fully saturated rings. The number of nitrogens with zero attached hydrogens (tertiary/aromatic N) is 1. The average Bonchev–Trinajstić information content (AvgIpc) is 2.69. The Labute approximate surface area is 115 Å². The van der Waals surface area contributed by atoms with Gasteiger partial charge in [0, 0.05) is 9.85 Å². The lowest BCUT2D eigenvalue weighted by atomic mass is 10.2. The molecule has 1 heterocycles. The van der Waals surface area contributed by atoms with Gasteiger partial charge in [0.05, 0.1) is 16.9 Å². The second kappa shape index (κ2) is 5.03. The predicted molar refractivity (Wildman–Crippen MR) is 73.3 cm³/mol. The molecule has 3 N–H and O–H groups in total. The van der Waals surface area contributed by atoms with Gasteiger partial charge in [-0.05, 0) is 35.0 Å². The van der Waals surface area contributed by atoms with Crippen LogP contribution >= 0.6 is 27.3 Å². The molecule has 1 amide bonds. The summed E-state index contributed by atoms with van der Waals surface area (Å²) in [6, 6.07) is 2.45. The number of amides is 1. The minimum absolute atomic E-state index is 0.0707. The van der Waals surface area contributed by atoms with Crippen LogP contribution < -0.4 is 11.1 Å². The third kappa shape index (κ3) is 2.68. The molecule has 0 aliphatic heterocycles. The Morgan fingerprint density at radius 3 is 2.89 bits per heavy atom. The van der Waals surface area contributed by atoms with Crippen LogP contribution in [0.3, 0.4) is 0 Å². The van der Waals surface area contributed by atoms with Crippen molar-refractivity contribution in [2.75, 3.05) is 11.1 Å². The normalized spacial score (nSPS) is 10.4. The van der Waals surface area contributed by atoms with Crippen LogP contribution in [0.15, 0.2) is 22.0 Å². The summed E-state index contributed by atoms with van der Waals surface area (Å²) in [4.78, 5) is 16.1. The second-order valence-corrected chi connectivity index (χ2v) is 5.31. The number of hydrogen-bond donors (Lipinski definition) is 2. The molecule has 4 nitrogen and oxygen atoms in total. The van der Waals surface area contributed by atoms with Gasteiger partial charge in [-0.3, -0.25) is 10.1 Å². The van der Waals surface area contributed by atoms with Crippen molar-refractivity contribution >= 4 is 44.0 Å². The summed E-state index contributed by atoms with van der Waals surface area (Å²) in [6.45, 7) is 1.83. The summed E-state index contributed by atoms with van der Waals surface area (Å²) in [5.74, 6) is -0.952. The van der Waals surface area contributed by atoms with Gasteiger partial charge in [-0.2, -0.15) is 0 Å². The Hall–Kier alpha value is -1.47. The second-order valence-electron chi connectivity index (χ2n) is 3.60. The summed E-state index contributed by atoms with van der Waals surface area (Å²) in [5, 5.41) is 4.94. The number of nitrogen functional groups attached to an aromatic ring is 1. The number of benzene rings is 1. The van der Waals surface area contributed by atoms with Gasteiger partial charge in [-0.1, -0.05) is 0 Å². The molecule has 0 unspecified atom stereocenters. The molecule has 1 aromatic heterocycles. The Morgan fingerprint density at radius 2 is 2.28 bits per heavy atom. The molecular formula is C11H9BrFN3OS. The van der Waals surface area contributed by atoms with Crippen molar-refractivity contribution in [3.63, 3.8) is 0 Å². The Kier molecular flexibility index (Phi) is 3.63. The summed E-state index contributed by atoms with van der Waals surface area (Å²) < 4.78 is 13.5. The van der Waals surface area contributed by atoms with Gasteiger partial charge in [0.2, 0.25) is 0 Å². The van der Waals surface area contributed by atoms with Gasteiger partial charge < -0.3 is 5.73 Å². The molecule has 0 spiro atoms. The van der Waals surface area contributed by atoms with E-state index < -0.39 is 5.82 Å². The van der Waals surface area contributed by atoms with Crippen LogP contribution in [-0.2, 0) is 0 Å². The van der Waals surface area contributed by atoms with Gasteiger partial charge in [0.1, 0.15) is 5.82 Å². The molecule has 94 valence electrons. The zero-order valence-corrected chi connectivity index (χ0v) is 11.7. The third-order valence-electron chi connectivity index (χ3n) is 2.17.